The smallest absolute Gasteiger partial charge is 0.435 e. The Bertz CT molecular complexity index is 1460. The molecule has 1 unspecified atom stereocenters. The molecule has 2 aliphatic carbocycles. The number of aliphatic imine (C=N–C) groups is 1. The van der Waals surface area contributed by atoms with Crippen LogP contribution in [0.25, 0.3) is 17.1 Å². The summed E-state index contributed by atoms with van der Waals surface area (Å²) < 4.78 is 68.6. The molecule has 0 aliphatic heterocycles. The molecule has 3 aromatic rings. The summed E-state index contributed by atoms with van der Waals surface area (Å²) in [6.07, 6.45) is 3.46. The molecule has 0 radical (unpaired) electrons. The summed E-state index contributed by atoms with van der Waals surface area (Å²) >= 11 is 0. The molecule has 3 heterocycles. The molecule has 2 saturated carbocycles. The van der Waals surface area contributed by atoms with Gasteiger partial charge in [0.05, 0.1) is 18.4 Å². The number of imidazole rings is 1. The van der Waals surface area contributed by atoms with Gasteiger partial charge >= 0.3 is 6.18 Å². The highest BCUT2D eigenvalue weighted by Crippen LogP contribution is 2.47. The number of ether oxygens (including phenoxy) is 2. The molecule has 8 nitrogen and oxygen atoms in total. The quantitative estimate of drug-likeness (QED) is 0.129. The monoisotopic (exact) mass is 618 g/mol. The highest BCUT2D eigenvalue weighted by atomic mass is 19.4. The summed E-state index contributed by atoms with van der Waals surface area (Å²) in [5.41, 5.74) is 0.00179. The molecule has 0 aromatic carbocycles. The fourth-order valence-corrected chi connectivity index (χ4v) is 4.86. The summed E-state index contributed by atoms with van der Waals surface area (Å²) in [5.74, 6) is 0.580. The molecule has 0 amide bonds. The van der Waals surface area contributed by atoms with Crippen LogP contribution in [-0.2, 0) is 24.6 Å². The minimum Gasteiger partial charge on any atom is -0.481 e. The second-order valence-corrected chi connectivity index (χ2v) is 10.1. The van der Waals surface area contributed by atoms with Crippen LogP contribution in [0, 0.1) is 17.7 Å². The van der Waals surface area contributed by atoms with Gasteiger partial charge in [0.15, 0.2) is 23.2 Å². The van der Waals surface area contributed by atoms with Crippen LogP contribution in [0.5, 0.6) is 5.88 Å². The zero-order valence-electron chi connectivity index (χ0n) is 26.7. The Morgan fingerprint density at radius 1 is 1.11 bits per heavy atom. The van der Waals surface area contributed by atoms with E-state index in [1.807, 2.05) is 27.7 Å². The summed E-state index contributed by atoms with van der Waals surface area (Å²) in [6, 6.07) is 2.77. The van der Waals surface area contributed by atoms with Gasteiger partial charge in [0.2, 0.25) is 11.8 Å². The standard InChI is InChI=1S/C28H30F4N6O2.2C2H6/c1-5-33-27(39-4)21(15(2)17-6-7-17)25-34-11-10-20(36-25)40-14-16-12-19(29)22(35-13-16)26-37-24(28(30,31)32)23(38(26)3)18-8-9-18;2*1-2/h5,10-13,15,17-18H,6-9,14H2,1-4H3;2*1-2H3/b27-21-,33-5-;;. The van der Waals surface area contributed by atoms with Crippen molar-refractivity contribution in [2.24, 2.45) is 23.9 Å². The van der Waals surface area contributed by atoms with Gasteiger partial charge in [-0.25, -0.2) is 24.3 Å². The van der Waals surface area contributed by atoms with Crippen LogP contribution in [0.1, 0.15) is 95.9 Å². The lowest BCUT2D eigenvalue weighted by atomic mass is 9.95. The number of hydrogen-bond acceptors (Lipinski definition) is 7. The molecule has 0 saturated heterocycles. The van der Waals surface area contributed by atoms with E-state index in [0.717, 1.165) is 18.4 Å². The van der Waals surface area contributed by atoms with Gasteiger partial charge in [-0.3, -0.25) is 0 Å². The summed E-state index contributed by atoms with van der Waals surface area (Å²) in [5, 5.41) is 0. The van der Waals surface area contributed by atoms with E-state index in [2.05, 4.69) is 31.9 Å². The molecule has 12 heteroatoms. The van der Waals surface area contributed by atoms with Gasteiger partial charge in [0.1, 0.15) is 12.3 Å². The van der Waals surface area contributed by atoms with Crippen LogP contribution < -0.4 is 4.74 Å². The van der Waals surface area contributed by atoms with E-state index in [9.17, 15) is 13.2 Å². The lowest BCUT2D eigenvalue weighted by molar-refractivity contribution is -0.141. The number of methoxy groups -OCH3 is 1. The molecular weight excluding hydrogens is 576 g/mol. The van der Waals surface area contributed by atoms with E-state index < -0.39 is 17.7 Å². The molecule has 2 fully saturated rings. The fourth-order valence-electron chi connectivity index (χ4n) is 4.86. The topological polar surface area (TPSA) is 87.3 Å². The van der Waals surface area contributed by atoms with Crippen molar-refractivity contribution in [2.45, 2.75) is 85.9 Å². The number of pyridine rings is 1. The highest BCUT2D eigenvalue weighted by Gasteiger charge is 2.43. The Balaban J connectivity index is 0.00000127. The zero-order valence-corrected chi connectivity index (χ0v) is 26.7. The van der Waals surface area contributed by atoms with Gasteiger partial charge in [0.25, 0.3) is 0 Å². The summed E-state index contributed by atoms with van der Waals surface area (Å²) in [6.45, 7) is 11.8. The van der Waals surface area contributed by atoms with E-state index in [0.29, 0.717) is 36.0 Å². The second-order valence-electron chi connectivity index (χ2n) is 10.1. The predicted molar refractivity (Wildman–Crippen MR) is 162 cm³/mol. The van der Waals surface area contributed by atoms with Gasteiger partial charge in [-0.1, -0.05) is 34.6 Å². The number of nitrogens with zero attached hydrogens (tertiary/aromatic N) is 6. The first-order valence-corrected chi connectivity index (χ1v) is 15.1. The molecule has 5 rings (SSSR count). The Labute approximate surface area is 256 Å². The van der Waals surface area contributed by atoms with Gasteiger partial charge < -0.3 is 14.0 Å². The van der Waals surface area contributed by atoms with Gasteiger partial charge in [0, 0.05) is 43.2 Å². The first kappa shape index (κ1) is 34.7. The maximum absolute atomic E-state index is 15.1. The van der Waals surface area contributed by atoms with Crippen LogP contribution in [0.4, 0.5) is 17.6 Å². The highest BCUT2D eigenvalue weighted by molar-refractivity contribution is 5.67. The van der Waals surface area contributed by atoms with Crippen LogP contribution in [0.3, 0.4) is 0 Å². The molecule has 44 heavy (non-hydrogen) atoms. The van der Waals surface area contributed by atoms with E-state index in [-0.39, 0.29) is 41.5 Å². The molecule has 0 N–H and O–H groups in total. The molecule has 0 spiro atoms. The number of aromatic nitrogens is 5. The van der Waals surface area contributed by atoms with Crippen LogP contribution >= 0.6 is 0 Å². The van der Waals surface area contributed by atoms with Gasteiger partial charge in [-0.2, -0.15) is 18.2 Å². The molecule has 1 atom stereocenters. The maximum Gasteiger partial charge on any atom is 0.435 e. The van der Waals surface area contributed by atoms with Crippen molar-refractivity contribution in [1.29, 1.82) is 0 Å². The van der Waals surface area contributed by atoms with E-state index in [4.69, 9.17) is 9.47 Å². The summed E-state index contributed by atoms with van der Waals surface area (Å²) in [4.78, 5) is 21.2. The first-order chi connectivity index (χ1) is 21.1. The molecule has 3 aromatic heterocycles. The van der Waals surface area contributed by atoms with Crippen molar-refractivity contribution in [1.82, 2.24) is 24.5 Å². The Hall–Kier alpha value is -3.83. The normalized spacial score (nSPS) is 15.9. The largest absolute Gasteiger partial charge is 0.481 e. The van der Waals surface area contributed by atoms with Gasteiger partial charge in [-0.15, -0.1) is 0 Å². The first-order valence-electron chi connectivity index (χ1n) is 15.1. The minimum atomic E-state index is -4.63. The molecular formula is C32H42F4N6O2. The molecule has 240 valence electrons. The van der Waals surface area contributed by atoms with E-state index in [1.54, 1.807) is 32.5 Å². The fraction of sp³-hybridized carbons (Fsp3) is 0.531. The summed E-state index contributed by atoms with van der Waals surface area (Å²) in [7, 11) is 3.01. The lowest BCUT2D eigenvalue weighted by Crippen LogP contribution is -2.10. The number of hydrogen-bond donors (Lipinski definition) is 0. The van der Waals surface area contributed by atoms with Crippen LogP contribution in [0.15, 0.2) is 35.4 Å². The number of allylic oxidation sites excluding steroid dienone is 1. The van der Waals surface area contributed by atoms with Crippen molar-refractivity contribution in [3.63, 3.8) is 0 Å². The average molecular weight is 619 g/mol. The van der Waals surface area contributed by atoms with E-state index in [1.165, 1.54) is 23.9 Å². The number of alkyl halides is 3. The minimum absolute atomic E-state index is 0.0657. The van der Waals surface area contributed by atoms with Crippen LogP contribution in [-0.4, -0.2) is 37.8 Å². The predicted octanol–water partition coefficient (Wildman–Crippen LogP) is 8.39. The van der Waals surface area contributed by atoms with E-state index >= 15 is 4.39 Å². The lowest BCUT2D eigenvalue weighted by Gasteiger charge is -2.17. The van der Waals surface area contributed by atoms with Crippen molar-refractivity contribution < 1.29 is 27.0 Å². The third-order valence-corrected chi connectivity index (χ3v) is 7.19. The second kappa shape index (κ2) is 15.3. The third-order valence-electron chi connectivity index (χ3n) is 7.19. The van der Waals surface area contributed by atoms with Crippen molar-refractivity contribution in [3.05, 3.63) is 59.0 Å². The average Bonchev–Trinajstić information content (AvgIpc) is 3.96. The van der Waals surface area contributed by atoms with Crippen LogP contribution in [0.2, 0.25) is 0 Å². The van der Waals surface area contributed by atoms with Crippen molar-refractivity contribution in [2.75, 3.05) is 7.11 Å². The van der Waals surface area contributed by atoms with Crippen molar-refractivity contribution >= 4 is 11.8 Å². The zero-order chi connectivity index (χ0) is 32.6. The number of halogens is 4. The molecule has 0 bridgehead atoms. The SMILES string of the molecule is C/C=N\C(OC)=C(\c1nccc(OCc2cnc(-c3nc(C(F)(F)F)c(C4CC4)n3C)c(F)c2)n1)C(C)C1CC1.CC.CC. The third kappa shape index (κ3) is 8.00. The maximum atomic E-state index is 15.1. The van der Waals surface area contributed by atoms with Crippen molar-refractivity contribution in [3.8, 4) is 17.4 Å². The number of rotatable bonds is 10. The molecule has 2 aliphatic rings. The van der Waals surface area contributed by atoms with Gasteiger partial charge in [-0.05, 0) is 50.5 Å². The Morgan fingerprint density at radius 3 is 2.34 bits per heavy atom. The Morgan fingerprint density at radius 2 is 1.80 bits per heavy atom. The Kier molecular flexibility index (Phi) is 12.0.